The molecule has 1 atom stereocenters. The van der Waals surface area contributed by atoms with Crippen LogP contribution in [0.2, 0.25) is 0 Å². The van der Waals surface area contributed by atoms with Crippen molar-refractivity contribution in [1.82, 2.24) is 9.55 Å². The second-order valence-corrected chi connectivity index (χ2v) is 5.73. The Morgan fingerprint density at radius 1 is 1.43 bits per heavy atom. The molecule has 0 fully saturated rings. The van der Waals surface area contributed by atoms with Gasteiger partial charge in [-0.2, -0.15) is 0 Å². The summed E-state index contributed by atoms with van der Waals surface area (Å²) in [5.74, 6) is 0.898. The summed E-state index contributed by atoms with van der Waals surface area (Å²) < 4.78 is 8.08. The van der Waals surface area contributed by atoms with Crippen molar-refractivity contribution in [2.45, 2.75) is 51.8 Å². The van der Waals surface area contributed by atoms with Gasteiger partial charge in [0, 0.05) is 12.6 Å². The van der Waals surface area contributed by atoms with Crippen LogP contribution in [0.5, 0.6) is 5.75 Å². The van der Waals surface area contributed by atoms with Crippen molar-refractivity contribution in [2.24, 2.45) is 5.73 Å². The number of rotatable bonds is 5. The van der Waals surface area contributed by atoms with E-state index in [9.17, 15) is 0 Å². The molecular formula is C17H23N3O. The molecular weight excluding hydrogens is 262 g/mol. The van der Waals surface area contributed by atoms with E-state index in [0.717, 1.165) is 37.3 Å². The number of aromatic nitrogens is 2. The number of fused-ring (bicyclic) bond motifs is 1. The molecule has 112 valence electrons. The van der Waals surface area contributed by atoms with Gasteiger partial charge >= 0.3 is 0 Å². The standard InChI is InChI=1S/C17H23N3O/c1-2-8-20-12-19-10-14(20)11-21-15-7-6-13-4-3-5-17(18)16(13)9-15/h6-7,9-10,12,17H,2-5,8,11,18H2,1H3. The van der Waals surface area contributed by atoms with Crippen LogP contribution in [-0.4, -0.2) is 9.55 Å². The van der Waals surface area contributed by atoms with E-state index >= 15 is 0 Å². The van der Waals surface area contributed by atoms with Crippen LogP contribution in [-0.2, 0) is 19.6 Å². The lowest BCUT2D eigenvalue weighted by atomic mass is 9.88. The number of benzene rings is 1. The fraction of sp³-hybridized carbons (Fsp3) is 0.471. The highest BCUT2D eigenvalue weighted by Gasteiger charge is 2.17. The summed E-state index contributed by atoms with van der Waals surface area (Å²) in [5.41, 5.74) is 9.93. The maximum absolute atomic E-state index is 6.20. The first-order valence-electron chi connectivity index (χ1n) is 7.78. The van der Waals surface area contributed by atoms with Gasteiger partial charge in [-0.1, -0.05) is 13.0 Å². The average molecular weight is 285 g/mol. The lowest BCUT2D eigenvalue weighted by Crippen LogP contribution is -2.17. The maximum Gasteiger partial charge on any atom is 0.130 e. The lowest BCUT2D eigenvalue weighted by Gasteiger charge is -2.22. The molecule has 1 aliphatic carbocycles. The molecule has 0 radical (unpaired) electrons. The van der Waals surface area contributed by atoms with Crippen molar-refractivity contribution in [1.29, 1.82) is 0 Å². The zero-order valence-corrected chi connectivity index (χ0v) is 12.6. The van der Waals surface area contributed by atoms with Gasteiger partial charge < -0.3 is 15.0 Å². The van der Waals surface area contributed by atoms with E-state index in [4.69, 9.17) is 10.5 Å². The predicted molar refractivity (Wildman–Crippen MR) is 83.2 cm³/mol. The predicted octanol–water partition coefficient (Wildman–Crippen LogP) is 3.21. The first-order chi connectivity index (χ1) is 10.3. The van der Waals surface area contributed by atoms with E-state index in [-0.39, 0.29) is 6.04 Å². The van der Waals surface area contributed by atoms with E-state index in [2.05, 4.69) is 34.7 Å². The van der Waals surface area contributed by atoms with Crippen molar-refractivity contribution in [2.75, 3.05) is 0 Å². The number of hydrogen-bond donors (Lipinski definition) is 1. The van der Waals surface area contributed by atoms with Gasteiger partial charge in [0.25, 0.3) is 0 Å². The molecule has 0 bridgehead atoms. The molecule has 3 rings (SSSR count). The van der Waals surface area contributed by atoms with Gasteiger partial charge in [0.05, 0.1) is 18.2 Å². The molecule has 1 aromatic carbocycles. The normalized spacial score (nSPS) is 17.5. The molecule has 0 amide bonds. The molecule has 0 saturated carbocycles. The Morgan fingerprint density at radius 3 is 3.19 bits per heavy atom. The van der Waals surface area contributed by atoms with E-state index in [0.29, 0.717) is 6.61 Å². The molecule has 21 heavy (non-hydrogen) atoms. The van der Waals surface area contributed by atoms with Gasteiger partial charge in [-0.05, 0) is 48.9 Å². The third kappa shape index (κ3) is 3.10. The molecule has 4 heteroatoms. The average Bonchev–Trinajstić information content (AvgIpc) is 2.93. The van der Waals surface area contributed by atoms with E-state index in [1.807, 2.05) is 12.5 Å². The van der Waals surface area contributed by atoms with Crippen molar-refractivity contribution in [3.8, 4) is 5.75 Å². The summed E-state index contributed by atoms with van der Waals surface area (Å²) in [6.45, 7) is 3.69. The molecule has 0 spiro atoms. The van der Waals surface area contributed by atoms with Gasteiger partial charge in [-0.25, -0.2) is 4.98 Å². The number of nitrogens with two attached hydrogens (primary N) is 1. The molecule has 1 aliphatic rings. The van der Waals surface area contributed by atoms with Crippen LogP contribution in [0.3, 0.4) is 0 Å². The summed E-state index contributed by atoms with van der Waals surface area (Å²) in [6.07, 6.45) is 8.22. The minimum atomic E-state index is 0.155. The Bertz CT molecular complexity index is 606. The van der Waals surface area contributed by atoms with Crippen molar-refractivity contribution in [3.63, 3.8) is 0 Å². The van der Waals surface area contributed by atoms with Crippen LogP contribution in [0, 0.1) is 0 Å². The molecule has 0 saturated heterocycles. The number of ether oxygens (including phenoxy) is 1. The number of hydrogen-bond acceptors (Lipinski definition) is 3. The molecule has 1 aromatic heterocycles. The quantitative estimate of drug-likeness (QED) is 0.917. The maximum atomic E-state index is 6.20. The third-order valence-corrected chi connectivity index (χ3v) is 4.13. The summed E-state index contributed by atoms with van der Waals surface area (Å²) >= 11 is 0. The number of imidazole rings is 1. The Balaban J connectivity index is 1.71. The van der Waals surface area contributed by atoms with Crippen LogP contribution < -0.4 is 10.5 Å². The largest absolute Gasteiger partial charge is 0.487 e. The first kappa shape index (κ1) is 14.1. The zero-order chi connectivity index (χ0) is 14.7. The van der Waals surface area contributed by atoms with Gasteiger partial charge in [-0.15, -0.1) is 0 Å². The van der Waals surface area contributed by atoms with Crippen LogP contribution in [0.4, 0.5) is 0 Å². The topological polar surface area (TPSA) is 53.1 Å². The van der Waals surface area contributed by atoms with Gasteiger partial charge in [0.1, 0.15) is 12.4 Å². The number of aryl methyl sites for hydroxylation is 2. The van der Waals surface area contributed by atoms with Gasteiger partial charge in [0.2, 0.25) is 0 Å². The van der Waals surface area contributed by atoms with E-state index in [1.54, 1.807) is 0 Å². The second kappa shape index (κ2) is 6.31. The van der Waals surface area contributed by atoms with Crippen LogP contribution in [0.15, 0.2) is 30.7 Å². The molecule has 4 nitrogen and oxygen atoms in total. The van der Waals surface area contributed by atoms with Gasteiger partial charge in [0.15, 0.2) is 0 Å². The zero-order valence-electron chi connectivity index (χ0n) is 12.6. The fourth-order valence-electron chi connectivity index (χ4n) is 2.97. The molecule has 2 N–H and O–H groups in total. The van der Waals surface area contributed by atoms with Crippen molar-refractivity contribution >= 4 is 0 Å². The Morgan fingerprint density at radius 2 is 2.33 bits per heavy atom. The molecule has 2 aromatic rings. The highest BCUT2D eigenvalue weighted by atomic mass is 16.5. The van der Waals surface area contributed by atoms with Crippen LogP contribution >= 0.6 is 0 Å². The lowest BCUT2D eigenvalue weighted by molar-refractivity contribution is 0.293. The summed E-state index contributed by atoms with van der Waals surface area (Å²) in [7, 11) is 0. The smallest absolute Gasteiger partial charge is 0.130 e. The van der Waals surface area contributed by atoms with Crippen LogP contribution in [0.1, 0.15) is 49.0 Å². The molecule has 1 unspecified atom stereocenters. The Labute approximate surface area is 125 Å². The minimum Gasteiger partial charge on any atom is -0.487 e. The number of nitrogens with zero attached hydrogens (tertiary/aromatic N) is 2. The highest BCUT2D eigenvalue weighted by Crippen LogP contribution is 2.31. The van der Waals surface area contributed by atoms with E-state index in [1.165, 1.54) is 17.5 Å². The molecule has 1 heterocycles. The SMILES string of the molecule is CCCn1cncc1COc1ccc2c(c1)C(N)CCC2. The first-order valence-corrected chi connectivity index (χ1v) is 7.78. The highest BCUT2D eigenvalue weighted by molar-refractivity contribution is 5.39. The Kier molecular flexibility index (Phi) is 4.25. The summed E-state index contributed by atoms with van der Waals surface area (Å²) in [6, 6.07) is 6.48. The second-order valence-electron chi connectivity index (χ2n) is 5.73. The monoisotopic (exact) mass is 285 g/mol. The summed E-state index contributed by atoms with van der Waals surface area (Å²) in [5, 5.41) is 0. The van der Waals surface area contributed by atoms with Gasteiger partial charge in [-0.3, -0.25) is 0 Å². The third-order valence-electron chi connectivity index (χ3n) is 4.13. The van der Waals surface area contributed by atoms with Crippen molar-refractivity contribution in [3.05, 3.63) is 47.5 Å². The fourth-order valence-corrected chi connectivity index (χ4v) is 2.97. The van der Waals surface area contributed by atoms with Crippen LogP contribution in [0.25, 0.3) is 0 Å². The molecule has 0 aliphatic heterocycles. The van der Waals surface area contributed by atoms with Crippen molar-refractivity contribution < 1.29 is 4.74 Å². The summed E-state index contributed by atoms with van der Waals surface area (Å²) in [4.78, 5) is 4.20. The van der Waals surface area contributed by atoms with E-state index < -0.39 is 0 Å². The Hall–Kier alpha value is -1.81. The minimum absolute atomic E-state index is 0.155.